The van der Waals surface area contributed by atoms with Crippen LogP contribution in [0.4, 0.5) is 8.78 Å². The van der Waals surface area contributed by atoms with Gasteiger partial charge in [-0.05, 0) is 21.7 Å². The Balaban J connectivity index is 3.21. The van der Waals surface area contributed by atoms with Gasteiger partial charge in [-0.25, -0.2) is 8.78 Å². The highest BCUT2D eigenvalue weighted by Gasteiger charge is 2.08. The summed E-state index contributed by atoms with van der Waals surface area (Å²) < 4.78 is 24.9. The molecule has 1 rings (SSSR count). The highest BCUT2D eigenvalue weighted by Crippen LogP contribution is 2.29. The lowest BCUT2D eigenvalue weighted by atomic mass is 10.3. The molecule has 1 N–H and O–H groups in total. The van der Waals surface area contributed by atoms with E-state index in [2.05, 4.69) is 0 Å². The molecule has 0 heterocycles. The Morgan fingerprint density at radius 2 is 1.91 bits per heavy atom. The van der Waals surface area contributed by atoms with Crippen molar-refractivity contribution in [1.29, 1.82) is 0 Å². The van der Waals surface area contributed by atoms with Crippen molar-refractivity contribution in [3.8, 4) is 5.75 Å². The summed E-state index contributed by atoms with van der Waals surface area (Å²) in [7, 11) is 5.79. The predicted octanol–water partition coefficient (Wildman–Crippen LogP) is 2.92. The molecule has 1 aromatic rings. The maximum absolute atomic E-state index is 12.6. The van der Waals surface area contributed by atoms with Crippen molar-refractivity contribution in [2.45, 2.75) is 4.90 Å². The standard InChI is InChI=1S/C6H3ClF2OS/c7-11-6-2-5(10)3(8)1-4(6)9/h1-2,10H. The van der Waals surface area contributed by atoms with Gasteiger partial charge in [0.15, 0.2) is 11.6 Å². The van der Waals surface area contributed by atoms with Crippen LogP contribution in [0.5, 0.6) is 5.75 Å². The number of halogens is 3. The molecule has 0 amide bonds. The van der Waals surface area contributed by atoms with E-state index in [9.17, 15) is 8.78 Å². The smallest absolute Gasteiger partial charge is 0.167 e. The van der Waals surface area contributed by atoms with E-state index in [0.29, 0.717) is 17.0 Å². The fourth-order valence-electron chi connectivity index (χ4n) is 0.578. The Morgan fingerprint density at radius 3 is 2.45 bits per heavy atom. The molecule has 0 fully saturated rings. The van der Waals surface area contributed by atoms with Gasteiger partial charge in [0, 0.05) is 12.1 Å². The molecule has 0 aliphatic carbocycles. The summed E-state index contributed by atoms with van der Waals surface area (Å²) in [4.78, 5) is 0.00515. The summed E-state index contributed by atoms with van der Waals surface area (Å²) in [5.74, 6) is -2.37. The molecule has 0 bridgehead atoms. The van der Waals surface area contributed by atoms with Crippen LogP contribution < -0.4 is 0 Å². The first kappa shape index (κ1) is 8.62. The fraction of sp³-hybridized carbons (Fsp3) is 0. The molecule has 5 heteroatoms. The van der Waals surface area contributed by atoms with E-state index in [0.717, 1.165) is 6.07 Å². The fourth-order valence-corrected chi connectivity index (χ4v) is 1.22. The zero-order chi connectivity index (χ0) is 8.43. The summed E-state index contributed by atoms with van der Waals surface area (Å²) in [6, 6.07) is 1.52. The predicted molar refractivity (Wildman–Crippen MR) is 39.7 cm³/mol. The van der Waals surface area contributed by atoms with Gasteiger partial charge < -0.3 is 5.11 Å². The third-order valence-corrected chi connectivity index (χ3v) is 2.06. The third kappa shape index (κ3) is 1.75. The summed E-state index contributed by atoms with van der Waals surface area (Å²) in [6.07, 6.45) is 0. The van der Waals surface area contributed by atoms with E-state index in [1.54, 1.807) is 0 Å². The van der Waals surface area contributed by atoms with E-state index in [4.69, 9.17) is 15.8 Å². The Hall–Kier alpha value is -0.480. The Bertz CT molecular complexity index is 280. The van der Waals surface area contributed by atoms with Gasteiger partial charge >= 0.3 is 0 Å². The van der Waals surface area contributed by atoms with Crippen LogP contribution in [0.15, 0.2) is 17.0 Å². The number of phenolic OH excluding ortho intramolecular Hbond substituents is 1. The number of aromatic hydroxyl groups is 1. The van der Waals surface area contributed by atoms with Gasteiger partial charge in [0.2, 0.25) is 0 Å². The highest BCUT2D eigenvalue weighted by molar-refractivity contribution is 8.21. The SMILES string of the molecule is Oc1cc(SCl)c(F)cc1F. The first-order chi connectivity index (χ1) is 5.15. The van der Waals surface area contributed by atoms with Gasteiger partial charge in [0.1, 0.15) is 5.82 Å². The van der Waals surface area contributed by atoms with Crippen LogP contribution in [0.3, 0.4) is 0 Å². The molecule has 0 aliphatic rings. The van der Waals surface area contributed by atoms with Crippen LogP contribution in [-0.4, -0.2) is 5.11 Å². The van der Waals surface area contributed by atoms with Gasteiger partial charge in [-0.3, -0.25) is 0 Å². The van der Waals surface area contributed by atoms with Gasteiger partial charge in [-0.1, -0.05) is 0 Å². The van der Waals surface area contributed by atoms with Crippen molar-refractivity contribution in [3.63, 3.8) is 0 Å². The third-order valence-electron chi connectivity index (χ3n) is 1.08. The maximum atomic E-state index is 12.6. The van der Waals surface area contributed by atoms with Crippen molar-refractivity contribution >= 4 is 21.7 Å². The molecule has 0 aromatic heterocycles. The second kappa shape index (κ2) is 3.28. The molecule has 0 saturated heterocycles. The van der Waals surface area contributed by atoms with E-state index < -0.39 is 17.4 Å². The summed E-state index contributed by atoms with van der Waals surface area (Å²) in [6.45, 7) is 0. The molecular formula is C6H3ClF2OS. The van der Waals surface area contributed by atoms with Gasteiger partial charge in [0.05, 0.1) is 4.90 Å². The number of benzene rings is 1. The average molecular weight is 197 g/mol. The van der Waals surface area contributed by atoms with Crippen molar-refractivity contribution in [2.75, 3.05) is 0 Å². The number of hydrogen-bond acceptors (Lipinski definition) is 2. The number of hydrogen-bond donors (Lipinski definition) is 1. The van der Waals surface area contributed by atoms with Crippen LogP contribution in [0.25, 0.3) is 0 Å². The lowest BCUT2D eigenvalue weighted by molar-refractivity contribution is 0.424. The molecule has 60 valence electrons. The summed E-state index contributed by atoms with van der Waals surface area (Å²) in [5.41, 5.74) is 0. The van der Waals surface area contributed by atoms with Crippen LogP contribution in [-0.2, 0) is 0 Å². The Labute approximate surface area is 70.5 Å². The molecule has 0 radical (unpaired) electrons. The maximum Gasteiger partial charge on any atom is 0.167 e. The zero-order valence-corrected chi connectivity index (χ0v) is 6.72. The molecule has 11 heavy (non-hydrogen) atoms. The zero-order valence-electron chi connectivity index (χ0n) is 5.14. The van der Waals surface area contributed by atoms with Crippen LogP contribution in [0.1, 0.15) is 0 Å². The minimum atomic E-state index is -0.989. The minimum Gasteiger partial charge on any atom is -0.505 e. The van der Waals surface area contributed by atoms with E-state index in [1.165, 1.54) is 0 Å². The van der Waals surface area contributed by atoms with Crippen LogP contribution >= 0.6 is 21.7 Å². The summed E-state index contributed by atoms with van der Waals surface area (Å²) >= 11 is 0. The van der Waals surface area contributed by atoms with Gasteiger partial charge in [-0.2, -0.15) is 0 Å². The van der Waals surface area contributed by atoms with Gasteiger partial charge in [0.25, 0.3) is 0 Å². The minimum absolute atomic E-state index is 0.00515. The lowest BCUT2D eigenvalue weighted by Crippen LogP contribution is -1.82. The van der Waals surface area contributed by atoms with Crippen molar-refractivity contribution in [1.82, 2.24) is 0 Å². The molecule has 0 aliphatic heterocycles. The van der Waals surface area contributed by atoms with Crippen molar-refractivity contribution in [3.05, 3.63) is 23.8 Å². The topological polar surface area (TPSA) is 20.2 Å². The van der Waals surface area contributed by atoms with E-state index in [1.807, 2.05) is 0 Å². The monoisotopic (exact) mass is 196 g/mol. The molecule has 0 saturated carbocycles. The van der Waals surface area contributed by atoms with E-state index in [-0.39, 0.29) is 4.90 Å². The van der Waals surface area contributed by atoms with Gasteiger partial charge in [-0.15, -0.1) is 0 Å². The molecule has 0 spiro atoms. The highest BCUT2D eigenvalue weighted by atomic mass is 35.7. The normalized spacial score (nSPS) is 10.1. The number of phenols is 1. The van der Waals surface area contributed by atoms with Crippen LogP contribution in [0.2, 0.25) is 0 Å². The van der Waals surface area contributed by atoms with Crippen molar-refractivity contribution < 1.29 is 13.9 Å². The second-order valence-corrected chi connectivity index (χ2v) is 2.87. The molecular weight excluding hydrogens is 194 g/mol. The van der Waals surface area contributed by atoms with Crippen LogP contribution in [0, 0.1) is 11.6 Å². The molecule has 1 nitrogen and oxygen atoms in total. The molecule has 0 atom stereocenters. The lowest BCUT2D eigenvalue weighted by Gasteiger charge is -1.98. The number of rotatable bonds is 1. The molecule has 0 unspecified atom stereocenters. The second-order valence-electron chi connectivity index (χ2n) is 1.81. The Morgan fingerprint density at radius 1 is 1.27 bits per heavy atom. The quantitative estimate of drug-likeness (QED) is 0.745. The largest absolute Gasteiger partial charge is 0.505 e. The van der Waals surface area contributed by atoms with Crippen molar-refractivity contribution in [2.24, 2.45) is 0 Å². The first-order valence-corrected chi connectivity index (χ1v) is 4.26. The summed E-state index contributed by atoms with van der Waals surface area (Å²) in [5, 5.41) is 8.74. The van der Waals surface area contributed by atoms with E-state index >= 15 is 0 Å². The first-order valence-electron chi connectivity index (χ1n) is 2.61. The molecule has 1 aromatic carbocycles. The Kier molecular flexibility index (Phi) is 2.57. The average Bonchev–Trinajstić information content (AvgIpc) is 1.97.